The number of carboxylic acids is 1. The lowest BCUT2D eigenvalue weighted by atomic mass is 10.3. The first-order valence-corrected chi connectivity index (χ1v) is 8.52. The fourth-order valence-corrected chi connectivity index (χ4v) is 3.50. The van der Waals surface area contributed by atoms with Crippen LogP contribution >= 0.6 is 23.5 Å². The molecule has 4 nitrogen and oxygen atoms in total. The lowest BCUT2D eigenvalue weighted by molar-refractivity contribution is 0.0685. The predicted molar refractivity (Wildman–Crippen MR) is 90.1 cm³/mol. The molecule has 24 heavy (non-hydrogen) atoms. The van der Waals surface area contributed by atoms with Crippen molar-refractivity contribution in [3.63, 3.8) is 0 Å². The standard InChI is InChI=1S/C17H11FN2O2S2/c18-11-4-6-12(7-5-11)23-13-8-9-15(20-16(13)17(21)22)24-14-3-1-2-10-19-14/h1-10H,(H,21,22). The van der Waals surface area contributed by atoms with E-state index < -0.39 is 5.97 Å². The van der Waals surface area contributed by atoms with Crippen molar-refractivity contribution in [3.8, 4) is 0 Å². The Morgan fingerprint density at radius 3 is 2.42 bits per heavy atom. The minimum atomic E-state index is -1.11. The lowest BCUT2D eigenvalue weighted by Gasteiger charge is -2.07. The normalized spacial score (nSPS) is 10.5. The number of carboxylic acid groups (broad SMARTS) is 1. The second-order valence-electron chi connectivity index (χ2n) is 4.63. The summed E-state index contributed by atoms with van der Waals surface area (Å²) < 4.78 is 13.0. The number of carbonyl (C=O) groups is 1. The third-order valence-electron chi connectivity index (χ3n) is 2.92. The Hall–Kier alpha value is -2.38. The number of aromatic nitrogens is 2. The molecule has 120 valence electrons. The molecule has 1 aromatic carbocycles. The van der Waals surface area contributed by atoms with E-state index in [9.17, 15) is 14.3 Å². The van der Waals surface area contributed by atoms with Crippen LogP contribution in [0.2, 0.25) is 0 Å². The summed E-state index contributed by atoms with van der Waals surface area (Å²) in [6.07, 6.45) is 1.67. The van der Waals surface area contributed by atoms with Crippen LogP contribution in [0.15, 0.2) is 80.6 Å². The molecule has 0 fully saturated rings. The Labute approximate surface area is 146 Å². The Balaban J connectivity index is 1.87. The van der Waals surface area contributed by atoms with Crippen molar-refractivity contribution in [2.75, 3.05) is 0 Å². The zero-order chi connectivity index (χ0) is 16.9. The summed E-state index contributed by atoms with van der Waals surface area (Å²) in [5, 5.41) is 10.7. The van der Waals surface area contributed by atoms with Crippen LogP contribution in [0.25, 0.3) is 0 Å². The smallest absolute Gasteiger partial charge is 0.355 e. The topological polar surface area (TPSA) is 63.1 Å². The third kappa shape index (κ3) is 4.12. The van der Waals surface area contributed by atoms with Gasteiger partial charge in [0.25, 0.3) is 0 Å². The third-order valence-corrected chi connectivity index (χ3v) is 4.87. The van der Waals surface area contributed by atoms with Crippen molar-refractivity contribution in [1.82, 2.24) is 9.97 Å². The number of rotatable bonds is 5. The molecule has 2 heterocycles. The van der Waals surface area contributed by atoms with Crippen LogP contribution in [0.5, 0.6) is 0 Å². The van der Waals surface area contributed by atoms with E-state index in [0.29, 0.717) is 9.92 Å². The van der Waals surface area contributed by atoms with Gasteiger partial charge in [-0.3, -0.25) is 0 Å². The van der Waals surface area contributed by atoms with E-state index in [-0.39, 0.29) is 11.5 Å². The molecule has 0 unspecified atom stereocenters. The SMILES string of the molecule is O=C(O)c1nc(Sc2ccccn2)ccc1Sc1ccc(F)cc1. The summed E-state index contributed by atoms with van der Waals surface area (Å²) in [6, 6.07) is 14.8. The molecule has 2 aromatic heterocycles. The predicted octanol–water partition coefficient (Wildman–Crippen LogP) is 4.62. The maximum atomic E-state index is 13.0. The molecule has 0 spiro atoms. The molecule has 3 aromatic rings. The van der Waals surface area contributed by atoms with E-state index in [0.717, 1.165) is 9.92 Å². The molecular formula is C17H11FN2O2S2. The summed E-state index contributed by atoms with van der Waals surface area (Å²) in [7, 11) is 0. The molecule has 7 heteroatoms. The highest BCUT2D eigenvalue weighted by atomic mass is 32.2. The van der Waals surface area contributed by atoms with E-state index in [1.807, 2.05) is 18.2 Å². The van der Waals surface area contributed by atoms with Gasteiger partial charge in [0, 0.05) is 16.0 Å². The summed E-state index contributed by atoms with van der Waals surface area (Å²) in [4.78, 5) is 21.1. The van der Waals surface area contributed by atoms with Gasteiger partial charge >= 0.3 is 5.97 Å². The average molecular weight is 358 g/mol. The van der Waals surface area contributed by atoms with Gasteiger partial charge in [0.2, 0.25) is 0 Å². The highest BCUT2D eigenvalue weighted by Gasteiger charge is 2.15. The molecule has 0 aliphatic carbocycles. The summed E-state index contributed by atoms with van der Waals surface area (Å²) in [5.74, 6) is -1.44. The van der Waals surface area contributed by atoms with Crippen molar-refractivity contribution in [2.45, 2.75) is 19.8 Å². The van der Waals surface area contributed by atoms with Crippen molar-refractivity contribution in [1.29, 1.82) is 0 Å². The first kappa shape index (κ1) is 16.5. The monoisotopic (exact) mass is 358 g/mol. The quantitative estimate of drug-likeness (QED) is 0.718. The molecule has 3 rings (SSSR count). The van der Waals surface area contributed by atoms with Crippen LogP contribution in [0.4, 0.5) is 4.39 Å². The average Bonchev–Trinajstić information content (AvgIpc) is 2.59. The number of hydrogen-bond acceptors (Lipinski definition) is 5. The molecule has 0 saturated carbocycles. The van der Waals surface area contributed by atoms with Crippen molar-refractivity contribution >= 4 is 29.5 Å². The second-order valence-corrected chi connectivity index (χ2v) is 6.78. The number of hydrogen-bond donors (Lipinski definition) is 1. The fraction of sp³-hybridized carbons (Fsp3) is 0. The van der Waals surface area contributed by atoms with E-state index in [1.165, 1.54) is 35.7 Å². The highest BCUT2D eigenvalue weighted by Crippen LogP contribution is 2.32. The summed E-state index contributed by atoms with van der Waals surface area (Å²) in [5.41, 5.74) is -0.0368. The Bertz CT molecular complexity index is 858. The van der Waals surface area contributed by atoms with Crippen LogP contribution in [-0.4, -0.2) is 21.0 Å². The maximum Gasteiger partial charge on any atom is 0.355 e. The largest absolute Gasteiger partial charge is 0.476 e. The fourth-order valence-electron chi connectivity index (χ4n) is 1.87. The number of benzene rings is 1. The highest BCUT2D eigenvalue weighted by molar-refractivity contribution is 7.99. The maximum absolute atomic E-state index is 13.0. The zero-order valence-corrected chi connectivity index (χ0v) is 13.9. The van der Waals surface area contributed by atoms with Crippen LogP contribution in [0.3, 0.4) is 0 Å². The van der Waals surface area contributed by atoms with Gasteiger partial charge in [-0.05, 0) is 48.5 Å². The minimum Gasteiger partial charge on any atom is -0.476 e. The molecule has 1 N–H and O–H groups in total. The van der Waals surface area contributed by atoms with Gasteiger partial charge in [-0.15, -0.1) is 0 Å². The van der Waals surface area contributed by atoms with E-state index >= 15 is 0 Å². The van der Waals surface area contributed by atoms with Crippen molar-refractivity contribution in [2.24, 2.45) is 0 Å². The van der Waals surface area contributed by atoms with Gasteiger partial charge < -0.3 is 5.11 Å². The van der Waals surface area contributed by atoms with Crippen molar-refractivity contribution in [3.05, 3.63) is 72.3 Å². The first-order valence-electron chi connectivity index (χ1n) is 6.88. The van der Waals surface area contributed by atoms with Crippen LogP contribution in [0, 0.1) is 5.82 Å². The minimum absolute atomic E-state index is 0.0368. The number of aromatic carboxylic acids is 1. The van der Waals surface area contributed by atoms with Crippen LogP contribution in [0.1, 0.15) is 10.5 Å². The van der Waals surface area contributed by atoms with E-state index in [2.05, 4.69) is 9.97 Å². The zero-order valence-electron chi connectivity index (χ0n) is 12.2. The summed E-state index contributed by atoms with van der Waals surface area (Å²) in [6.45, 7) is 0. The molecule has 0 radical (unpaired) electrons. The molecule has 0 atom stereocenters. The molecule has 0 amide bonds. The van der Waals surface area contributed by atoms with Gasteiger partial charge in [0.05, 0.1) is 0 Å². The van der Waals surface area contributed by atoms with Gasteiger partial charge in [0.1, 0.15) is 15.9 Å². The number of halogens is 1. The van der Waals surface area contributed by atoms with Crippen LogP contribution in [-0.2, 0) is 0 Å². The molecule has 0 aliphatic rings. The molecule has 0 aliphatic heterocycles. The Morgan fingerprint density at radius 1 is 0.958 bits per heavy atom. The van der Waals surface area contributed by atoms with Gasteiger partial charge in [-0.2, -0.15) is 0 Å². The van der Waals surface area contributed by atoms with E-state index in [1.54, 1.807) is 30.5 Å². The Morgan fingerprint density at radius 2 is 1.75 bits per heavy atom. The Kier molecular flexibility index (Phi) is 5.12. The second kappa shape index (κ2) is 7.46. The number of pyridine rings is 2. The molecular weight excluding hydrogens is 347 g/mol. The van der Waals surface area contributed by atoms with Gasteiger partial charge in [-0.25, -0.2) is 19.2 Å². The molecule has 0 bridgehead atoms. The van der Waals surface area contributed by atoms with Gasteiger partial charge in [-0.1, -0.05) is 29.6 Å². The lowest BCUT2D eigenvalue weighted by Crippen LogP contribution is -2.03. The van der Waals surface area contributed by atoms with Gasteiger partial charge in [0.15, 0.2) is 5.69 Å². The first-order chi connectivity index (χ1) is 11.6. The van der Waals surface area contributed by atoms with E-state index in [4.69, 9.17) is 0 Å². The summed E-state index contributed by atoms with van der Waals surface area (Å²) >= 11 is 2.52. The van der Waals surface area contributed by atoms with Crippen molar-refractivity contribution < 1.29 is 14.3 Å². The van der Waals surface area contributed by atoms with Crippen LogP contribution < -0.4 is 0 Å². The molecule has 0 saturated heterocycles. The number of nitrogens with zero attached hydrogens (tertiary/aromatic N) is 2.